The van der Waals surface area contributed by atoms with Gasteiger partial charge < -0.3 is 5.73 Å². The van der Waals surface area contributed by atoms with E-state index in [9.17, 15) is 4.79 Å². The molecule has 2 N–H and O–H groups in total. The van der Waals surface area contributed by atoms with Crippen molar-refractivity contribution in [2.24, 2.45) is 0 Å². The molecule has 2 aromatic rings. The molecule has 0 saturated carbocycles. The van der Waals surface area contributed by atoms with Gasteiger partial charge in [0.15, 0.2) is 5.78 Å². The highest BCUT2D eigenvalue weighted by Crippen LogP contribution is 2.27. The largest absolute Gasteiger partial charge is 0.399 e. The van der Waals surface area contributed by atoms with Crippen LogP contribution in [0.4, 0.5) is 5.69 Å². The van der Waals surface area contributed by atoms with E-state index in [4.69, 9.17) is 40.5 Å². The van der Waals surface area contributed by atoms with Crippen molar-refractivity contribution in [2.75, 3.05) is 5.73 Å². The number of rotatable bonds is 2. The van der Waals surface area contributed by atoms with Gasteiger partial charge in [-0.3, -0.25) is 4.79 Å². The lowest BCUT2D eigenvalue weighted by atomic mass is 10.0. The molecule has 0 aliphatic carbocycles. The number of carbonyl (C=O) groups is 1. The molecule has 0 unspecified atom stereocenters. The summed E-state index contributed by atoms with van der Waals surface area (Å²) in [4.78, 5) is 12.3. The minimum absolute atomic E-state index is 0.283. The Morgan fingerprint density at radius 2 is 1.61 bits per heavy atom. The molecule has 0 saturated heterocycles. The van der Waals surface area contributed by atoms with Crippen molar-refractivity contribution in [1.29, 1.82) is 0 Å². The molecular formula is C13H8Cl3NO. The third-order valence-electron chi connectivity index (χ3n) is 2.41. The van der Waals surface area contributed by atoms with Crippen LogP contribution in [0.1, 0.15) is 15.9 Å². The second-order valence-electron chi connectivity index (χ2n) is 3.69. The number of halogens is 3. The fourth-order valence-electron chi connectivity index (χ4n) is 1.54. The fraction of sp³-hybridized carbons (Fsp3) is 0. The summed E-state index contributed by atoms with van der Waals surface area (Å²) in [5.74, 6) is -0.283. The normalized spacial score (nSPS) is 10.4. The SMILES string of the molecule is Nc1ccc(Cl)c(C(=O)c2ccc(Cl)cc2Cl)c1. The van der Waals surface area contributed by atoms with Crippen LogP contribution in [0.15, 0.2) is 36.4 Å². The standard InChI is InChI=1S/C13H8Cl3NO/c14-7-1-3-9(12(16)5-7)13(18)10-6-8(17)2-4-11(10)15/h1-6H,17H2. The Labute approximate surface area is 119 Å². The smallest absolute Gasteiger partial charge is 0.196 e. The van der Waals surface area contributed by atoms with E-state index in [-0.39, 0.29) is 10.8 Å². The van der Waals surface area contributed by atoms with Gasteiger partial charge in [0, 0.05) is 21.8 Å². The van der Waals surface area contributed by atoms with Gasteiger partial charge in [-0.05, 0) is 36.4 Å². The monoisotopic (exact) mass is 299 g/mol. The van der Waals surface area contributed by atoms with Crippen LogP contribution < -0.4 is 5.73 Å². The van der Waals surface area contributed by atoms with Gasteiger partial charge in [0.25, 0.3) is 0 Å². The number of nitrogens with two attached hydrogens (primary N) is 1. The highest BCUT2D eigenvalue weighted by molar-refractivity contribution is 6.39. The maximum atomic E-state index is 12.3. The van der Waals surface area contributed by atoms with E-state index < -0.39 is 0 Å². The van der Waals surface area contributed by atoms with Gasteiger partial charge in [-0.25, -0.2) is 0 Å². The van der Waals surface area contributed by atoms with Crippen LogP contribution in [0.3, 0.4) is 0 Å². The van der Waals surface area contributed by atoms with E-state index in [1.165, 1.54) is 12.1 Å². The van der Waals surface area contributed by atoms with E-state index in [0.717, 1.165) is 0 Å². The zero-order valence-electron chi connectivity index (χ0n) is 9.08. The van der Waals surface area contributed by atoms with Gasteiger partial charge in [0.1, 0.15) is 0 Å². The summed E-state index contributed by atoms with van der Waals surface area (Å²) in [5, 5.41) is 1.08. The fourth-order valence-corrected chi connectivity index (χ4v) is 2.23. The predicted molar refractivity (Wildman–Crippen MR) is 75.8 cm³/mol. The number of hydrogen-bond donors (Lipinski definition) is 1. The van der Waals surface area contributed by atoms with E-state index >= 15 is 0 Å². The molecule has 2 rings (SSSR count). The Kier molecular flexibility index (Phi) is 3.81. The molecule has 0 bridgehead atoms. The summed E-state index contributed by atoms with van der Waals surface area (Å²) < 4.78 is 0. The van der Waals surface area contributed by atoms with E-state index in [2.05, 4.69) is 0 Å². The Bertz CT molecular complexity index is 626. The van der Waals surface area contributed by atoms with Gasteiger partial charge in [-0.2, -0.15) is 0 Å². The summed E-state index contributed by atoms with van der Waals surface area (Å²) in [5.41, 5.74) is 6.77. The summed E-state index contributed by atoms with van der Waals surface area (Å²) in [6.45, 7) is 0. The first-order chi connectivity index (χ1) is 8.49. The minimum atomic E-state index is -0.283. The van der Waals surface area contributed by atoms with Crippen molar-refractivity contribution in [1.82, 2.24) is 0 Å². The van der Waals surface area contributed by atoms with Crippen LogP contribution in [0.25, 0.3) is 0 Å². The van der Waals surface area contributed by atoms with Crippen molar-refractivity contribution in [3.05, 3.63) is 62.6 Å². The molecule has 18 heavy (non-hydrogen) atoms. The molecule has 0 radical (unpaired) electrons. The molecule has 0 amide bonds. The molecule has 0 atom stereocenters. The third kappa shape index (κ3) is 2.61. The summed E-state index contributed by atoms with van der Waals surface area (Å²) >= 11 is 17.7. The van der Waals surface area contributed by atoms with Gasteiger partial charge in [-0.15, -0.1) is 0 Å². The number of anilines is 1. The number of ketones is 1. The first kappa shape index (κ1) is 13.2. The lowest BCUT2D eigenvalue weighted by Crippen LogP contribution is -2.04. The van der Waals surface area contributed by atoms with Gasteiger partial charge in [-0.1, -0.05) is 34.8 Å². The molecule has 2 aromatic carbocycles. The molecule has 0 aliphatic heterocycles. The minimum Gasteiger partial charge on any atom is -0.399 e. The Hall–Kier alpha value is -1.22. The zero-order chi connectivity index (χ0) is 13.3. The quantitative estimate of drug-likeness (QED) is 0.657. The molecule has 0 fully saturated rings. The first-order valence-corrected chi connectivity index (χ1v) is 6.17. The molecule has 0 spiro atoms. The molecule has 0 heterocycles. The van der Waals surface area contributed by atoms with Crippen LogP contribution in [-0.4, -0.2) is 5.78 Å². The second kappa shape index (κ2) is 5.19. The van der Waals surface area contributed by atoms with Crippen molar-refractivity contribution >= 4 is 46.3 Å². The number of benzene rings is 2. The van der Waals surface area contributed by atoms with Crippen LogP contribution in [-0.2, 0) is 0 Å². The van der Waals surface area contributed by atoms with E-state index in [1.807, 2.05) is 0 Å². The van der Waals surface area contributed by atoms with Crippen molar-refractivity contribution in [2.45, 2.75) is 0 Å². The lowest BCUT2D eigenvalue weighted by Gasteiger charge is -2.07. The van der Waals surface area contributed by atoms with Gasteiger partial charge in [0.05, 0.1) is 10.0 Å². The Morgan fingerprint density at radius 1 is 0.889 bits per heavy atom. The van der Waals surface area contributed by atoms with Crippen LogP contribution in [0.5, 0.6) is 0 Å². The van der Waals surface area contributed by atoms with Crippen molar-refractivity contribution < 1.29 is 4.79 Å². The number of nitrogen functional groups attached to an aromatic ring is 1. The molecule has 0 aromatic heterocycles. The molecule has 92 valence electrons. The van der Waals surface area contributed by atoms with Crippen LogP contribution in [0.2, 0.25) is 15.1 Å². The molecule has 2 nitrogen and oxygen atoms in total. The summed E-state index contributed by atoms with van der Waals surface area (Å²) in [6, 6.07) is 9.40. The summed E-state index contributed by atoms with van der Waals surface area (Å²) in [7, 11) is 0. The van der Waals surface area contributed by atoms with Crippen molar-refractivity contribution in [3.8, 4) is 0 Å². The number of hydrogen-bond acceptors (Lipinski definition) is 2. The first-order valence-electron chi connectivity index (χ1n) is 5.04. The second-order valence-corrected chi connectivity index (χ2v) is 4.94. The molecular weight excluding hydrogens is 293 g/mol. The average Bonchev–Trinajstić information content (AvgIpc) is 2.31. The average molecular weight is 301 g/mol. The van der Waals surface area contributed by atoms with E-state index in [1.54, 1.807) is 24.3 Å². The van der Waals surface area contributed by atoms with E-state index in [0.29, 0.717) is 26.9 Å². The lowest BCUT2D eigenvalue weighted by molar-refractivity contribution is 0.103. The Balaban J connectivity index is 2.51. The Morgan fingerprint density at radius 3 is 2.28 bits per heavy atom. The number of carbonyl (C=O) groups excluding carboxylic acids is 1. The maximum Gasteiger partial charge on any atom is 0.196 e. The van der Waals surface area contributed by atoms with Gasteiger partial charge in [0.2, 0.25) is 0 Å². The molecule has 0 aliphatic rings. The third-order valence-corrected chi connectivity index (χ3v) is 3.29. The topological polar surface area (TPSA) is 43.1 Å². The highest BCUT2D eigenvalue weighted by Gasteiger charge is 2.16. The predicted octanol–water partition coefficient (Wildman–Crippen LogP) is 4.46. The zero-order valence-corrected chi connectivity index (χ0v) is 11.4. The molecule has 5 heteroatoms. The van der Waals surface area contributed by atoms with Crippen LogP contribution in [0, 0.1) is 0 Å². The highest BCUT2D eigenvalue weighted by atomic mass is 35.5. The maximum absolute atomic E-state index is 12.3. The van der Waals surface area contributed by atoms with Crippen LogP contribution >= 0.6 is 34.8 Å². The summed E-state index contributed by atoms with van der Waals surface area (Å²) in [6.07, 6.45) is 0. The van der Waals surface area contributed by atoms with Gasteiger partial charge >= 0.3 is 0 Å². The van der Waals surface area contributed by atoms with Crippen molar-refractivity contribution in [3.63, 3.8) is 0 Å².